The Morgan fingerprint density at radius 1 is 0.974 bits per heavy atom. The van der Waals surface area contributed by atoms with Crippen LogP contribution in [0.25, 0.3) is 0 Å². The first-order valence-electron chi connectivity index (χ1n) is 12.1. The topological polar surface area (TPSA) is 70.2 Å². The van der Waals surface area contributed by atoms with Crippen molar-refractivity contribution in [3.05, 3.63) is 88.9 Å². The number of nitrogens with zero attached hydrogens (tertiary/aromatic N) is 3. The smallest absolute Gasteiger partial charge is 0.416 e. The van der Waals surface area contributed by atoms with Crippen molar-refractivity contribution in [2.24, 2.45) is 0 Å². The molecule has 0 atom stereocenters. The van der Waals surface area contributed by atoms with E-state index in [-0.39, 0.29) is 29.6 Å². The lowest BCUT2D eigenvalue weighted by molar-refractivity contribution is -0.137. The molecule has 0 spiro atoms. The number of ether oxygens (including phenoxy) is 1. The lowest BCUT2D eigenvalue weighted by Gasteiger charge is -2.37. The number of carbonyl (C=O) groups excluding carboxylic acids is 1. The van der Waals surface area contributed by atoms with Gasteiger partial charge in [0.15, 0.2) is 0 Å². The maximum absolute atomic E-state index is 13.6. The van der Waals surface area contributed by atoms with Crippen molar-refractivity contribution in [1.29, 1.82) is 0 Å². The molecule has 3 aromatic rings. The van der Waals surface area contributed by atoms with Crippen molar-refractivity contribution in [1.82, 2.24) is 9.21 Å². The number of hydrogen-bond acceptors (Lipinski definition) is 5. The van der Waals surface area contributed by atoms with Gasteiger partial charge in [-0.25, -0.2) is 8.42 Å². The monoisotopic (exact) mass is 581 g/mol. The fourth-order valence-corrected chi connectivity index (χ4v) is 6.04. The molecule has 208 valence electrons. The SMILES string of the molecule is COc1ccc(S(=O)(=O)N(CC(=O)N2CCN(c3cccc(C(F)(F)F)c3)CC2)Cc2ccccc2)cc1Cl. The number of methoxy groups -OCH3 is 1. The number of hydrogen-bond donors (Lipinski definition) is 0. The van der Waals surface area contributed by atoms with Crippen LogP contribution >= 0.6 is 11.6 Å². The Morgan fingerprint density at radius 2 is 1.67 bits per heavy atom. The van der Waals surface area contributed by atoms with E-state index in [1.807, 2.05) is 0 Å². The largest absolute Gasteiger partial charge is 0.495 e. The van der Waals surface area contributed by atoms with Crippen LogP contribution in [0, 0.1) is 0 Å². The minimum absolute atomic E-state index is 0.0389. The van der Waals surface area contributed by atoms with Gasteiger partial charge in [-0.3, -0.25) is 4.79 Å². The second kappa shape index (κ2) is 11.8. The average molecular weight is 582 g/mol. The van der Waals surface area contributed by atoms with Crippen molar-refractivity contribution >= 4 is 33.2 Å². The normalized spacial score (nSPS) is 14.5. The fourth-order valence-electron chi connectivity index (χ4n) is 4.31. The van der Waals surface area contributed by atoms with Crippen LogP contribution in [0.2, 0.25) is 5.02 Å². The van der Waals surface area contributed by atoms with Gasteiger partial charge in [0.1, 0.15) is 5.75 Å². The number of rotatable bonds is 8. The van der Waals surface area contributed by atoms with Crippen LogP contribution in [0.15, 0.2) is 77.7 Å². The predicted molar refractivity (Wildman–Crippen MR) is 142 cm³/mol. The second-order valence-electron chi connectivity index (χ2n) is 8.97. The minimum atomic E-state index is -4.45. The zero-order valence-electron chi connectivity index (χ0n) is 21.1. The van der Waals surface area contributed by atoms with Gasteiger partial charge in [-0.15, -0.1) is 0 Å². The number of halogens is 4. The highest BCUT2D eigenvalue weighted by atomic mass is 35.5. The lowest BCUT2D eigenvalue weighted by atomic mass is 10.1. The van der Waals surface area contributed by atoms with Gasteiger partial charge in [-0.05, 0) is 42.0 Å². The van der Waals surface area contributed by atoms with E-state index in [1.165, 1.54) is 36.3 Å². The van der Waals surface area contributed by atoms with E-state index >= 15 is 0 Å². The molecular weight excluding hydrogens is 555 g/mol. The summed E-state index contributed by atoms with van der Waals surface area (Å²) in [5.41, 5.74) is 0.378. The van der Waals surface area contributed by atoms with Gasteiger partial charge < -0.3 is 14.5 Å². The van der Waals surface area contributed by atoms with Crippen molar-refractivity contribution < 1.29 is 31.1 Å². The molecule has 0 aliphatic carbocycles. The van der Waals surface area contributed by atoms with Crippen LogP contribution in [0.3, 0.4) is 0 Å². The van der Waals surface area contributed by atoms with Crippen molar-refractivity contribution in [2.75, 3.05) is 44.7 Å². The zero-order chi connectivity index (χ0) is 28.2. The number of alkyl halides is 3. The molecule has 39 heavy (non-hydrogen) atoms. The highest BCUT2D eigenvalue weighted by Gasteiger charge is 2.33. The molecule has 3 aromatic carbocycles. The fraction of sp³-hybridized carbons (Fsp3) is 0.296. The molecule has 1 aliphatic heterocycles. The van der Waals surface area contributed by atoms with Crippen molar-refractivity contribution in [3.63, 3.8) is 0 Å². The molecule has 1 aliphatic rings. The number of piperazine rings is 1. The first-order chi connectivity index (χ1) is 18.5. The Morgan fingerprint density at radius 3 is 2.28 bits per heavy atom. The predicted octanol–water partition coefficient (Wildman–Crippen LogP) is 4.91. The number of carbonyl (C=O) groups is 1. The molecule has 1 amide bonds. The van der Waals surface area contributed by atoms with Crippen LogP contribution in [0.4, 0.5) is 18.9 Å². The molecule has 12 heteroatoms. The van der Waals surface area contributed by atoms with E-state index in [9.17, 15) is 26.4 Å². The molecule has 0 saturated carbocycles. The Hall–Kier alpha value is -3.28. The van der Waals surface area contributed by atoms with E-state index in [0.29, 0.717) is 30.1 Å². The second-order valence-corrected chi connectivity index (χ2v) is 11.3. The average Bonchev–Trinajstić information content (AvgIpc) is 2.93. The Balaban J connectivity index is 1.50. The van der Waals surface area contributed by atoms with Gasteiger partial charge in [0.05, 0.1) is 29.1 Å². The van der Waals surface area contributed by atoms with Gasteiger partial charge in [0.25, 0.3) is 0 Å². The van der Waals surface area contributed by atoms with Gasteiger partial charge >= 0.3 is 6.18 Å². The zero-order valence-corrected chi connectivity index (χ0v) is 22.6. The van der Waals surface area contributed by atoms with Crippen molar-refractivity contribution in [3.8, 4) is 5.75 Å². The maximum atomic E-state index is 13.6. The molecule has 4 rings (SSSR count). The number of sulfonamides is 1. The third-order valence-corrected chi connectivity index (χ3v) is 8.53. The molecule has 0 radical (unpaired) electrons. The molecule has 1 heterocycles. The van der Waals surface area contributed by atoms with Crippen LogP contribution in [-0.4, -0.2) is 63.4 Å². The molecule has 7 nitrogen and oxygen atoms in total. The molecule has 0 N–H and O–H groups in total. The minimum Gasteiger partial charge on any atom is -0.495 e. The van der Waals surface area contributed by atoms with Gasteiger partial charge in [-0.2, -0.15) is 17.5 Å². The molecular formula is C27H27ClF3N3O4S. The molecule has 1 saturated heterocycles. The van der Waals surface area contributed by atoms with Crippen LogP contribution in [0.5, 0.6) is 5.75 Å². The summed E-state index contributed by atoms with van der Waals surface area (Å²) in [6.45, 7) is 0.650. The van der Waals surface area contributed by atoms with E-state index in [1.54, 1.807) is 41.3 Å². The van der Waals surface area contributed by atoms with E-state index < -0.39 is 34.2 Å². The summed E-state index contributed by atoms with van der Waals surface area (Å²) in [6.07, 6.45) is -4.45. The van der Waals surface area contributed by atoms with E-state index in [2.05, 4.69) is 0 Å². The molecule has 0 unspecified atom stereocenters. The van der Waals surface area contributed by atoms with E-state index in [0.717, 1.165) is 16.4 Å². The number of benzene rings is 3. The molecule has 1 fully saturated rings. The number of anilines is 1. The van der Waals surface area contributed by atoms with Crippen LogP contribution in [-0.2, 0) is 27.5 Å². The third kappa shape index (κ3) is 6.84. The van der Waals surface area contributed by atoms with E-state index in [4.69, 9.17) is 16.3 Å². The summed E-state index contributed by atoms with van der Waals surface area (Å²) in [5.74, 6) is -0.0854. The van der Waals surface area contributed by atoms with Gasteiger partial charge in [-0.1, -0.05) is 48.0 Å². The Bertz CT molecular complexity index is 1410. The van der Waals surface area contributed by atoms with Crippen LogP contribution in [0.1, 0.15) is 11.1 Å². The molecule has 0 aromatic heterocycles. The highest BCUT2D eigenvalue weighted by molar-refractivity contribution is 7.89. The summed E-state index contributed by atoms with van der Waals surface area (Å²) < 4.78 is 72.8. The van der Waals surface area contributed by atoms with Gasteiger partial charge in [0.2, 0.25) is 15.9 Å². The Labute approximate surface area is 230 Å². The lowest BCUT2D eigenvalue weighted by Crippen LogP contribution is -2.51. The van der Waals surface area contributed by atoms with Crippen molar-refractivity contribution in [2.45, 2.75) is 17.6 Å². The standard InChI is InChI=1S/C27H27ClF3N3O4S/c1-38-25-11-10-23(17-24(25)28)39(36,37)34(18-20-6-3-2-4-7-20)19-26(35)33-14-12-32(13-15-33)22-9-5-8-21(16-22)27(29,30)31/h2-11,16-17H,12-15,18-19H2,1H3. The van der Waals surface area contributed by atoms with Gasteiger partial charge in [0, 0.05) is 38.4 Å². The maximum Gasteiger partial charge on any atom is 0.416 e. The summed E-state index contributed by atoms with van der Waals surface area (Å²) in [5, 5.41) is 0.121. The summed E-state index contributed by atoms with van der Waals surface area (Å²) in [7, 11) is -2.70. The third-order valence-electron chi connectivity index (χ3n) is 6.45. The summed E-state index contributed by atoms with van der Waals surface area (Å²) in [6, 6.07) is 18.1. The summed E-state index contributed by atoms with van der Waals surface area (Å²) in [4.78, 5) is 16.5. The number of amides is 1. The molecule has 0 bridgehead atoms. The highest BCUT2D eigenvalue weighted by Crippen LogP contribution is 2.32. The van der Waals surface area contributed by atoms with Crippen LogP contribution < -0.4 is 9.64 Å². The quantitative estimate of drug-likeness (QED) is 0.378. The summed E-state index contributed by atoms with van der Waals surface area (Å²) >= 11 is 6.18. The first-order valence-corrected chi connectivity index (χ1v) is 13.9. The Kier molecular flexibility index (Phi) is 8.73. The first kappa shape index (κ1) is 28.7.